The molecule has 21 heavy (non-hydrogen) atoms. The smallest absolute Gasteiger partial charge is 0.324 e. The molecule has 0 radical (unpaired) electrons. The summed E-state index contributed by atoms with van der Waals surface area (Å²) in [6.07, 6.45) is 6.29. The molecule has 0 atom stereocenters. The highest BCUT2D eigenvalue weighted by Gasteiger charge is 2.27. The summed E-state index contributed by atoms with van der Waals surface area (Å²) < 4.78 is 0. The minimum atomic E-state index is -0.330. The Morgan fingerprint density at radius 3 is 2.71 bits per heavy atom. The molecule has 2 rings (SSSR count). The topological polar surface area (TPSA) is 85.8 Å². The van der Waals surface area contributed by atoms with E-state index in [-0.39, 0.29) is 42.5 Å². The molecule has 118 valence electrons. The minimum Gasteiger partial charge on any atom is -0.357 e. The SMILES string of the molecule is CCNC(=NCCN1C(=O)CNC1=O)NC1CC=CC1.I. The summed E-state index contributed by atoms with van der Waals surface area (Å²) in [4.78, 5) is 28.4. The molecule has 8 heteroatoms. The quantitative estimate of drug-likeness (QED) is 0.203. The van der Waals surface area contributed by atoms with Gasteiger partial charge in [0.05, 0.1) is 19.6 Å². The van der Waals surface area contributed by atoms with Gasteiger partial charge in [-0.25, -0.2) is 4.79 Å². The molecule has 0 aromatic carbocycles. The summed E-state index contributed by atoms with van der Waals surface area (Å²) in [6.45, 7) is 3.57. The Kier molecular flexibility index (Phi) is 7.48. The zero-order chi connectivity index (χ0) is 14.4. The summed E-state index contributed by atoms with van der Waals surface area (Å²) in [5, 5.41) is 8.99. The fourth-order valence-electron chi connectivity index (χ4n) is 2.19. The summed E-state index contributed by atoms with van der Waals surface area (Å²) >= 11 is 0. The monoisotopic (exact) mass is 407 g/mol. The van der Waals surface area contributed by atoms with Gasteiger partial charge in [-0.1, -0.05) is 12.2 Å². The van der Waals surface area contributed by atoms with Gasteiger partial charge < -0.3 is 16.0 Å². The van der Waals surface area contributed by atoms with E-state index in [2.05, 4.69) is 33.1 Å². The number of guanidine groups is 1. The first-order valence-corrected chi connectivity index (χ1v) is 6.98. The molecule has 3 amide bonds. The van der Waals surface area contributed by atoms with Gasteiger partial charge in [-0.3, -0.25) is 14.7 Å². The van der Waals surface area contributed by atoms with Crippen LogP contribution in [0.3, 0.4) is 0 Å². The van der Waals surface area contributed by atoms with E-state index in [1.54, 1.807) is 0 Å². The van der Waals surface area contributed by atoms with E-state index < -0.39 is 0 Å². The zero-order valence-corrected chi connectivity index (χ0v) is 14.4. The van der Waals surface area contributed by atoms with Crippen LogP contribution in [0.15, 0.2) is 17.1 Å². The van der Waals surface area contributed by atoms with Gasteiger partial charge in [0.15, 0.2) is 5.96 Å². The molecule has 0 unspecified atom stereocenters. The Labute approximate surface area is 141 Å². The summed E-state index contributed by atoms with van der Waals surface area (Å²) in [6, 6.07) is 0.0488. The van der Waals surface area contributed by atoms with Crippen LogP contribution in [0.2, 0.25) is 0 Å². The summed E-state index contributed by atoms with van der Waals surface area (Å²) in [5.74, 6) is 0.538. The first-order chi connectivity index (χ1) is 9.70. The largest absolute Gasteiger partial charge is 0.357 e. The van der Waals surface area contributed by atoms with Crippen molar-refractivity contribution in [3.63, 3.8) is 0 Å². The summed E-state index contributed by atoms with van der Waals surface area (Å²) in [5.41, 5.74) is 0. The molecular formula is C13H22IN5O2. The molecule has 1 aliphatic heterocycles. The van der Waals surface area contributed by atoms with Crippen molar-refractivity contribution in [3.05, 3.63) is 12.2 Å². The van der Waals surface area contributed by atoms with Crippen molar-refractivity contribution < 1.29 is 9.59 Å². The van der Waals surface area contributed by atoms with E-state index >= 15 is 0 Å². The van der Waals surface area contributed by atoms with Crippen LogP contribution in [0.5, 0.6) is 0 Å². The van der Waals surface area contributed by atoms with Crippen LogP contribution in [0, 0.1) is 0 Å². The third-order valence-corrected chi connectivity index (χ3v) is 3.22. The van der Waals surface area contributed by atoms with Gasteiger partial charge >= 0.3 is 6.03 Å². The Hall–Kier alpha value is -1.32. The lowest BCUT2D eigenvalue weighted by molar-refractivity contribution is -0.124. The second kappa shape index (κ2) is 8.85. The van der Waals surface area contributed by atoms with Crippen LogP contribution in [0.25, 0.3) is 0 Å². The standard InChI is InChI=1S/C13H21N5O2.HI/c1-2-14-12(17-10-5-3-4-6-10)15-7-8-18-11(19)9-16-13(18)20;/h3-4,10H,2,5-9H2,1H3,(H,16,20)(H2,14,15,17);1H. The molecule has 1 aliphatic carbocycles. The van der Waals surface area contributed by atoms with Gasteiger partial charge in [0, 0.05) is 12.6 Å². The number of aliphatic imine (C=N–C) groups is 1. The number of rotatable bonds is 5. The molecule has 0 saturated carbocycles. The molecule has 3 N–H and O–H groups in total. The second-order valence-electron chi connectivity index (χ2n) is 4.75. The number of halogens is 1. The first kappa shape index (κ1) is 17.7. The van der Waals surface area contributed by atoms with Crippen LogP contribution in [0.4, 0.5) is 4.79 Å². The predicted octanol–water partition coefficient (Wildman–Crippen LogP) is 0.430. The molecular weight excluding hydrogens is 385 g/mol. The Balaban J connectivity index is 0.00000220. The molecule has 7 nitrogen and oxygen atoms in total. The molecule has 0 bridgehead atoms. The Morgan fingerprint density at radius 2 is 2.14 bits per heavy atom. The lowest BCUT2D eigenvalue weighted by Crippen LogP contribution is -2.43. The van der Waals surface area contributed by atoms with E-state index in [1.807, 2.05) is 6.92 Å². The lowest BCUT2D eigenvalue weighted by atomic mass is 10.2. The van der Waals surface area contributed by atoms with Crippen LogP contribution >= 0.6 is 24.0 Å². The molecule has 1 heterocycles. The van der Waals surface area contributed by atoms with E-state index in [0.29, 0.717) is 19.1 Å². The van der Waals surface area contributed by atoms with Crippen LogP contribution in [0.1, 0.15) is 19.8 Å². The number of carbonyl (C=O) groups excluding carboxylic acids is 2. The number of hydrogen-bond donors (Lipinski definition) is 3. The fraction of sp³-hybridized carbons (Fsp3) is 0.615. The molecule has 0 spiro atoms. The van der Waals surface area contributed by atoms with E-state index in [9.17, 15) is 9.59 Å². The van der Waals surface area contributed by atoms with Crippen molar-refractivity contribution in [2.75, 3.05) is 26.2 Å². The highest BCUT2D eigenvalue weighted by Crippen LogP contribution is 2.08. The van der Waals surface area contributed by atoms with E-state index in [4.69, 9.17) is 0 Å². The third kappa shape index (κ3) is 5.18. The first-order valence-electron chi connectivity index (χ1n) is 6.98. The van der Waals surface area contributed by atoms with E-state index in [1.165, 1.54) is 4.90 Å². The lowest BCUT2D eigenvalue weighted by Gasteiger charge is -2.17. The number of amides is 3. The van der Waals surface area contributed by atoms with Crippen LogP contribution < -0.4 is 16.0 Å². The van der Waals surface area contributed by atoms with Crippen molar-refractivity contribution in [1.29, 1.82) is 0 Å². The number of hydrogen-bond acceptors (Lipinski definition) is 3. The predicted molar refractivity (Wildman–Crippen MR) is 91.8 cm³/mol. The summed E-state index contributed by atoms with van der Waals surface area (Å²) in [7, 11) is 0. The van der Waals surface area contributed by atoms with Crippen molar-refractivity contribution in [3.8, 4) is 0 Å². The number of carbonyl (C=O) groups is 2. The molecule has 1 saturated heterocycles. The maximum Gasteiger partial charge on any atom is 0.324 e. The van der Waals surface area contributed by atoms with Crippen molar-refractivity contribution in [2.45, 2.75) is 25.8 Å². The molecule has 1 fully saturated rings. The highest BCUT2D eigenvalue weighted by atomic mass is 127. The van der Waals surface area contributed by atoms with Gasteiger partial charge in [-0.2, -0.15) is 0 Å². The number of urea groups is 1. The number of nitrogens with zero attached hydrogens (tertiary/aromatic N) is 2. The number of nitrogens with one attached hydrogen (secondary N) is 3. The Morgan fingerprint density at radius 1 is 1.43 bits per heavy atom. The van der Waals surface area contributed by atoms with Crippen LogP contribution in [-0.4, -0.2) is 55.0 Å². The third-order valence-electron chi connectivity index (χ3n) is 3.22. The maximum atomic E-state index is 11.4. The fourth-order valence-corrected chi connectivity index (χ4v) is 2.19. The van der Waals surface area contributed by atoms with Gasteiger partial charge in [0.25, 0.3) is 0 Å². The normalized spacial score (nSPS) is 18.7. The van der Waals surface area contributed by atoms with Gasteiger partial charge in [0.2, 0.25) is 5.91 Å². The van der Waals surface area contributed by atoms with Gasteiger partial charge in [-0.15, -0.1) is 24.0 Å². The average Bonchev–Trinajstić information content (AvgIpc) is 3.03. The van der Waals surface area contributed by atoms with E-state index in [0.717, 1.165) is 25.3 Å². The Bertz CT molecular complexity index is 414. The molecule has 0 aromatic rings. The van der Waals surface area contributed by atoms with Crippen molar-refractivity contribution in [2.24, 2.45) is 4.99 Å². The van der Waals surface area contributed by atoms with Crippen LogP contribution in [-0.2, 0) is 4.79 Å². The van der Waals surface area contributed by atoms with Gasteiger partial charge in [0.1, 0.15) is 0 Å². The molecule has 0 aromatic heterocycles. The zero-order valence-electron chi connectivity index (χ0n) is 12.1. The van der Waals surface area contributed by atoms with Gasteiger partial charge in [-0.05, 0) is 19.8 Å². The maximum absolute atomic E-state index is 11.4. The molecule has 2 aliphatic rings. The highest BCUT2D eigenvalue weighted by molar-refractivity contribution is 14.0. The second-order valence-corrected chi connectivity index (χ2v) is 4.75. The van der Waals surface area contributed by atoms with Crippen molar-refractivity contribution in [1.82, 2.24) is 20.9 Å². The number of imide groups is 1. The average molecular weight is 407 g/mol. The minimum absolute atomic E-state index is 0. The van der Waals surface area contributed by atoms with Crippen molar-refractivity contribution >= 4 is 41.9 Å².